The Bertz CT molecular complexity index is 1170. The SMILES string of the molecule is CC(C)C[C@H](NC(=O)N[C@@H](Cc1ccccc1)C(=O)Nc1cnccn1)B1OC2C[C@H]3C[C@H](C3(C)C)[C@@]2(C)O1. The van der Waals surface area contributed by atoms with Crippen LogP contribution in [0.1, 0.15) is 59.4 Å². The van der Waals surface area contributed by atoms with E-state index in [-0.39, 0.29) is 29.0 Å². The molecule has 3 amide bonds. The van der Waals surface area contributed by atoms with Crippen molar-refractivity contribution in [1.82, 2.24) is 20.6 Å². The fourth-order valence-electron chi connectivity index (χ4n) is 6.82. The zero-order valence-electron chi connectivity index (χ0n) is 23.5. The molecule has 39 heavy (non-hydrogen) atoms. The van der Waals surface area contributed by atoms with E-state index < -0.39 is 19.2 Å². The van der Waals surface area contributed by atoms with E-state index in [9.17, 15) is 9.59 Å². The second kappa shape index (κ2) is 10.9. The van der Waals surface area contributed by atoms with Crippen LogP contribution in [-0.4, -0.2) is 52.7 Å². The van der Waals surface area contributed by atoms with Gasteiger partial charge in [0.25, 0.3) is 0 Å². The molecule has 1 aliphatic heterocycles. The fourth-order valence-corrected chi connectivity index (χ4v) is 6.82. The van der Waals surface area contributed by atoms with Gasteiger partial charge in [-0.15, -0.1) is 0 Å². The van der Waals surface area contributed by atoms with Gasteiger partial charge in [-0.25, -0.2) is 9.78 Å². The molecule has 6 rings (SSSR count). The Morgan fingerprint density at radius 1 is 1.10 bits per heavy atom. The van der Waals surface area contributed by atoms with Crippen molar-refractivity contribution >= 4 is 24.9 Å². The summed E-state index contributed by atoms with van der Waals surface area (Å²) in [6.07, 6.45) is 7.70. The maximum absolute atomic E-state index is 13.4. The first-order valence-electron chi connectivity index (χ1n) is 14.1. The van der Waals surface area contributed by atoms with E-state index >= 15 is 0 Å². The molecule has 1 saturated heterocycles. The van der Waals surface area contributed by atoms with Crippen molar-refractivity contribution in [2.75, 3.05) is 5.32 Å². The highest BCUT2D eigenvalue weighted by Gasteiger charge is 2.68. The van der Waals surface area contributed by atoms with Crippen molar-refractivity contribution in [3.8, 4) is 0 Å². The lowest BCUT2D eigenvalue weighted by Crippen LogP contribution is -2.65. The molecule has 0 spiro atoms. The van der Waals surface area contributed by atoms with Gasteiger partial charge in [0.1, 0.15) is 6.04 Å². The highest BCUT2D eigenvalue weighted by molar-refractivity contribution is 6.47. The molecule has 0 radical (unpaired) electrons. The fraction of sp³-hybridized carbons (Fsp3) is 0.586. The van der Waals surface area contributed by atoms with Gasteiger partial charge >= 0.3 is 13.1 Å². The van der Waals surface area contributed by atoms with Crippen molar-refractivity contribution in [2.24, 2.45) is 23.2 Å². The number of aromatic nitrogens is 2. The van der Waals surface area contributed by atoms with Crippen LogP contribution in [0.2, 0.25) is 0 Å². The number of anilines is 1. The van der Waals surface area contributed by atoms with Crippen molar-refractivity contribution in [3.05, 3.63) is 54.5 Å². The molecule has 4 aliphatic rings. The van der Waals surface area contributed by atoms with E-state index in [0.29, 0.717) is 36.4 Å². The molecule has 2 bridgehead atoms. The molecule has 6 atom stereocenters. The number of benzene rings is 1. The second-order valence-electron chi connectivity index (χ2n) is 12.5. The molecule has 9 nitrogen and oxygen atoms in total. The number of rotatable bonds is 9. The largest absolute Gasteiger partial charge is 0.481 e. The van der Waals surface area contributed by atoms with Crippen molar-refractivity contribution in [1.29, 1.82) is 0 Å². The molecule has 3 aliphatic carbocycles. The number of amides is 3. The first-order valence-corrected chi connectivity index (χ1v) is 14.1. The summed E-state index contributed by atoms with van der Waals surface area (Å²) < 4.78 is 13.2. The number of urea groups is 1. The Labute approximate surface area is 231 Å². The number of nitrogens with zero attached hydrogens (tertiary/aromatic N) is 2. The van der Waals surface area contributed by atoms with E-state index in [2.05, 4.69) is 60.5 Å². The van der Waals surface area contributed by atoms with Crippen LogP contribution in [0.5, 0.6) is 0 Å². The van der Waals surface area contributed by atoms with Crippen molar-refractivity contribution < 1.29 is 18.9 Å². The van der Waals surface area contributed by atoms with Gasteiger partial charge in [-0.2, -0.15) is 0 Å². The van der Waals surface area contributed by atoms with Gasteiger partial charge in [0, 0.05) is 18.8 Å². The lowest BCUT2D eigenvalue weighted by atomic mass is 9.43. The minimum absolute atomic E-state index is 0.0300. The Morgan fingerprint density at radius 3 is 2.54 bits per heavy atom. The van der Waals surface area contributed by atoms with Crippen molar-refractivity contribution in [3.63, 3.8) is 0 Å². The van der Waals surface area contributed by atoms with Crippen LogP contribution < -0.4 is 16.0 Å². The van der Waals surface area contributed by atoms with Crippen LogP contribution >= 0.6 is 0 Å². The molecule has 1 aromatic heterocycles. The van der Waals surface area contributed by atoms with E-state index in [0.717, 1.165) is 12.0 Å². The molecule has 208 valence electrons. The predicted octanol–water partition coefficient (Wildman–Crippen LogP) is 4.01. The minimum Gasteiger partial charge on any atom is -0.404 e. The van der Waals surface area contributed by atoms with E-state index in [1.165, 1.54) is 25.0 Å². The lowest BCUT2D eigenvalue weighted by molar-refractivity contribution is -0.199. The summed E-state index contributed by atoms with van der Waals surface area (Å²) in [5.41, 5.74) is 0.808. The molecule has 3 N–H and O–H groups in total. The van der Waals surface area contributed by atoms with Gasteiger partial charge in [0.15, 0.2) is 5.82 Å². The quantitative estimate of drug-likeness (QED) is 0.420. The number of carbonyl (C=O) groups is 2. The topological polar surface area (TPSA) is 114 Å². The smallest absolute Gasteiger partial charge is 0.404 e. The number of carbonyl (C=O) groups excluding carboxylic acids is 2. The van der Waals surface area contributed by atoms with Crippen LogP contribution in [0.4, 0.5) is 10.6 Å². The van der Waals surface area contributed by atoms with Crippen LogP contribution in [0.25, 0.3) is 0 Å². The number of nitrogens with one attached hydrogen (secondary N) is 3. The first-order chi connectivity index (χ1) is 18.6. The lowest BCUT2D eigenvalue weighted by Gasteiger charge is -2.64. The monoisotopic (exact) mass is 533 g/mol. The Balaban J connectivity index is 1.28. The number of hydrogen-bond donors (Lipinski definition) is 3. The van der Waals surface area contributed by atoms with Gasteiger partial charge < -0.3 is 25.3 Å². The summed E-state index contributed by atoms with van der Waals surface area (Å²) in [6, 6.07) is 8.33. The number of hydrogen-bond acceptors (Lipinski definition) is 6. The summed E-state index contributed by atoms with van der Waals surface area (Å²) in [7, 11) is -0.538. The maximum atomic E-state index is 13.4. The summed E-state index contributed by atoms with van der Waals surface area (Å²) in [5.74, 6) is 0.993. The third-order valence-corrected chi connectivity index (χ3v) is 9.06. The summed E-state index contributed by atoms with van der Waals surface area (Å²) >= 11 is 0. The third-order valence-electron chi connectivity index (χ3n) is 9.06. The normalized spacial score (nSPS) is 28.2. The summed E-state index contributed by atoms with van der Waals surface area (Å²) in [6.45, 7) is 11.1. The average molecular weight is 533 g/mol. The van der Waals surface area contributed by atoms with E-state index in [4.69, 9.17) is 9.31 Å². The first kappa shape index (κ1) is 27.6. The van der Waals surface area contributed by atoms with Crippen molar-refractivity contribution in [2.45, 2.75) is 84.0 Å². The predicted molar refractivity (Wildman–Crippen MR) is 150 cm³/mol. The molecule has 4 fully saturated rings. The average Bonchev–Trinajstić information content (AvgIpc) is 3.26. The summed E-state index contributed by atoms with van der Waals surface area (Å²) in [5, 5.41) is 8.75. The molecular weight excluding hydrogens is 493 g/mol. The van der Waals surface area contributed by atoms with E-state index in [1.807, 2.05) is 30.3 Å². The Kier molecular flexibility index (Phi) is 7.70. The Morgan fingerprint density at radius 2 is 1.87 bits per heavy atom. The molecule has 10 heteroatoms. The van der Waals surface area contributed by atoms with Gasteiger partial charge in [-0.1, -0.05) is 58.0 Å². The van der Waals surface area contributed by atoms with Gasteiger partial charge in [-0.3, -0.25) is 9.78 Å². The van der Waals surface area contributed by atoms with Crippen LogP contribution in [0, 0.1) is 23.2 Å². The third kappa shape index (κ3) is 5.68. The van der Waals surface area contributed by atoms with Gasteiger partial charge in [-0.05, 0) is 54.9 Å². The maximum Gasteiger partial charge on any atom is 0.481 e. The second-order valence-corrected chi connectivity index (χ2v) is 12.5. The van der Waals surface area contributed by atoms with Gasteiger partial charge in [0.2, 0.25) is 5.91 Å². The molecular formula is C29H40BN5O4. The standard InChI is InChI=1S/C29H40BN5O4/c1-18(2)13-24(30-38-23-16-20-15-22(28(20,3)4)29(23,5)39-30)34-27(37)33-21(14-19-9-7-6-8-10-19)26(36)35-25-17-31-11-12-32-25/h6-12,17-18,20-24H,13-16H2,1-5H3,(H,32,35,36)(H2,33,34,37)/t20-,21+,22-,23?,24+,29-/m1/s1. The van der Waals surface area contributed by atoms with Gasteiger partial charge in [0.05, 0.1) is 23.8 Å². The molecule has 1 unspecified atom stereocenters. The highest BCUT2D eigenvalue weighted by Crippen LogP contribution is 2.65. The zero-order valence-corrected chi connectivity index (χ0v) is 23.5. The molecule has 3 saturated carbocycles. The highest BCUT2D eigenvalue weighted by atomic mass is 16.7. The van der Waals surface area contributed by atoms with Crippen LogP contribution in [0.3, 0.4) is 0 Å². The minimum atomic E-state index is -0.826. The molecule has 1 aromatic carbocycles. The molecule has 2 aromatic rings. The molecule has 2 heterocycles. The van der Waals surface area contributed by atoms with E-state index in [1.54, 1.807) is 0 Å². The Hall–Kier alpha value is -2.98. The zero-order chi connectivity index (χ0) is 27.8. The summed E-state index contributed by atoms with van der Waals surface area (Å²) in [4.78, 5) is 34.7. The van der Waals surface area contributed by atoms with Crippen LogP contribution in [0.15, 0.2) is 48.9 Å². The van der Waals surface area contributed by atoms with Crippen LogP contribution in [-0.2, 0) is 20.5 Å².